The second-order valence-electron chi connectivity index (χ2n) is 6.87. The molecular formula is C19H19FN6O2. The van der Waals surface area contributed by atoms with Crippen molar-refractivity contribution in [2.75, 3.05) is 24.6 Å². The molecule has 8 nitrogen and oxygen atoms in total. The summed E-state index contributed by atoms with van der Waals surface area (Å²) in [7, 11) is 0. The van der Waals surface area contributed by atoms with E-state index in [4.69, 9.17) is 10.1 Å². The largest absolute Gasteiger partial charge is 0.356 e. The van der Waals surface area contributed by atoms with Gasteiger partial charge in [-0.05, 0) is 24.5 Å². The number of aromatic nitrogens is 3. The monoisotopic (exact) mass is 382 g/mol. The van der Waals surface area contributed by atoms with Crippen LogP contribution in [0.3, 0.4) is 0 Å². The third-order valence-electron chi connectivity index (χ3n) is 5.17. The maximum Gasteiger partial charge on any atom is 0.249 e. The lowest BCUT2D eigenvalue weighted by Gasteiger charge is -2.34. The van der Waals surface area contributed by atoms with Crippen molar-refractivity contribution in [3.05, 3.63) is 47.9 Å². The van der Waals surface area contributed by atoms with Crippen LogP contribution in [-0.4, -0.2) is 45.6 Å². The number of halogens is 1. The standard InChI is InChI=1S/C19H19FN6O2/c20-15-7-14(10-22-11-15)17-3-6-28-26(17)19(27)13-1-4-25(5-2-13)18-8-16(9-21)23-12-24-18/h7-8,10-13,17H,1-6H2. The number of anilines is 1. The number of carbonyl (C=O) groups is 1. The highest BCUT2D eigenvalue weighted by molar-refractivity contribution is 5.79. The molecule has 2 aromatic rings. The Hall–Kier alpha value is -3.12. The van der Waals surface area contributed by atoms with Gasteiger partial charge < -0.3 is 4.90 Å². The van der Waals surface area contributed by atoms with E-state index in [-0.39, 0.29) is 17.9 Å². The number of carbonyl (C=O) groups excluding carboxylic acids is 1. The molecule has 4 heterocycles. The number of pyridine rings is 1. The molecule has 2 saturated heterocycles. The summed E-state index contributed by atoms with van der Waals surface area (Å²) in [6, 6.07) is 4.75. The van der Waals surface area contributed by atoms with E-state index in [1.807, 2.05) is 11.0 Å². The molecule has 1 amide bonds. The molecule has 2 aromatic heterocycles. The lowest BCUT2D eigenvalue weighted by atomic mass is 9.94. The zero-order valence-corrected chi connectivity index (χ0v) is 15.2. The minimum Gasteiger partial charge on any atom is -0.356 e. The molecule has 0 aliphatic carbocycles. The number of rotatable bonds is 3. The number of hydroxylamine groups is 2. The smallest absolute Gasteiger partial charge is 0.249 e. The van der Waals surface area contributed by atoms with E-state index in [1.54, 1.807) is 12.3 Å². The van der Waals surface area contributed by atoms with Crippen molar-refractivity contribution in [1.29, 1.82) is 5.26 Å². The number of amides is 1. The highest BCUT2D eigenvalue weighted by Crippen LogP contribution is 2.33. The van der Waals surface area contributed by atoms with Crippen molar-refractivity contribution in [3.8, 4) is 6.07 Å². The molecule has 0 radical (unpaired) electrons. The van der Waals surface area contributed by atoms with E-state index in [0.717, 1.165) is 6.20 Å². The van der Waals surface area contributed by atoms with Crippen molar-refractivity contribution in [3.63, 3.8) is 0 Å². The Bertz CT molecular complexity index is 909. The summed E-state index contributed by atoms with van der Waals surface area (Å²) in [6.45, 7) is 1.72. The van der Waals surface area contributed by atoms with Crippen molar-refractivity contribution in [2.45, 2.75) is 25.3 Å². The summed E-state index contributed by atoms with van der Waals surface area (Å²) in [6.07, 6.45) is 6.02. The summed E-state index contributed by atoms with van der Waals surface area (Å²) >= 11 is 0. The first kappa shape index (κ1) is 18.3. The average molecular weight is 382 g/mol. The summed E-state index contributed by atoms with van der Waals surface area (Å²) in [4.78, 5) is 32.6. The van der Waals surface area contributed by atoms with Gasteiger partial charge in [0, 0.05) is 37.7 Å². The maximum absolute atomic E-state index is 13.5. The second-order valence-corrected chi connectivity index (χ2v) is 6.87. The summed E-state index contributed by atoms with van der Waals surface area (Å²) in [5, 5.41) is 10.4. The molecule has 2 aliphatic rings. The van der Waals surface area contributed by atoms with Crippen LogP contribution in [0.25, 0.3) is 0 Å². The lowest BCUT2D eigenvalue weighted by Crippen LogP contribution is -2.42. The highest BCUT2D eigenvalue weighted by atomic mass is 19.1. The van der Waals surface area contributed by atoms with Crippen LogP contribution < -0.4 is 4.90 Å². The molecule has 1 atom stereocenters. The first-order valence-electron chi connectivity index (χ1n) is 9.19. The van der Waals surface area contributed by atoms with Gasteiger partial charge in [-0.2, -0.15) is 5.26 Å². The number of hydrogen-bond acceptors (Lipinski definition) is 7. The normalized spacial score (nSPS) is 20.2. The topological polar surface area (TPSA) is 95.2 Å². The maximum atomic E-state index is 13.5. The van der Waals surface area contributed by atoms with Gasteiger partial charge in [0.05, 0.1) is 18.8 Å². The molecule has 1 unspecified atom stereocenters. The zero-order valence-electron chi connectivity index (χ0n) is 15.2. The fourth-order valence-electron chi connectivity index (χ4n) is 3.72. The number of piperidine rings is 1. The van der Waals surface area contributed by atoms with E-state index in [9.17, 15) is 9.18 Å². The first-order chi connectivity index (χ1) is 13.7. The zero-order chi connectivity index (χ0) is 19.5. The van der Waals surface area contributed by atoms with Gasteiger partial charge in [0.25, 0.3) is 0 Å². The van der Waals surface area contributed by atoms with Crippen molar-refractivity contribution < 1.29 is 14.0 Å². The molecule has 144 valence electrons. The van der Waals surface area contributed by atoms with Crippen LogP contribution in [0.5, 0.6) is 0 Å². The van der Waals surface area contributed by atoms with Crippen LogP contribution in [0.1, 0.15) is 36.6 Å². The molecule has 0 bridgehead atoms. The second kappa shape index (κ2) is 7.86. The van der Waals surface area contributed by atoms with Gasteiger partial charge in [-0.15, -0.1) is 0 Å². The molecule has 0 aromatic carbocycles. The minimum absolute atomic E-state index is 0.0770. The SMILES string of the molecule is N#Cc1cc(N2CCC(C(=O)N3OCCC3c3cncc(F)c3)CC2)ncn1. The molecule has 4 rings (SSSR count). The van der Waals surface area contributed by atoms with Crippen molar-refractivity contribution in [1.82, 2.24) is 20.0 Å². The lowest BCUT2D eigenvalue weighted by molar-refractivity contribution is -0.182. The van der Waals surface area contributed by atoms with Crippen LogP contribution in [-0.2, 0) is 9.63 Å². The van der Waals surface area contributed by atoms with E-state index in [1.165, 1.54) is 17.5 Å². The Labute approximate surface area is 161 Å². The van der Waals surface area contributed by atoms with Crippen LogP contribution >= 0.6 is 0 Å². The van der Waals surface area contributed by atoms with Gasteiger partial charge in [0.2, 0.25) is 5.91 Å². The van der Waals surface area contributed by atoms with Crippen molar-refractivity contribution >= 4 is 11.7 Å². The summed E-state index contributed by atoms with van der Waals surface area (Å²) < 4.78 is 13.5. The summed E-state index contributed by atoms with van der Waals surface area (Å²) in [5.74, 6) is 0.0211. The molecule has 28 heavy (non-hydrogen) atoms. The van der Waals surface area contributed by atoms with E-state index in [0.29, 0.717) is 56.0 Å². The Morgan fingerprint density at radius 1 is 1.21 bits per heavy atom. The average Bonchev–Trinajstić information content (AvgIpc) is 3.23. The fourth-order valence-corrected chi connectivity index (χ4v) is 3.72. The number of nitriles is 1. The van der Waals surface area contributed by atoms with Crippen LogP contribution in [0.15, 0.2) is 30.9 Å². The molecule has 0 N–H and O–H groups in total. The van der Waals surface area contributed by atoms with Gasteiger partial charge in [-0.1, -0.05) is 0 Å². The fraction of sp³-hybridized carbons (Fsp3) is 0.421. The van der Waals surface area contributed by atoms with Gasteiger partial charge in [0.1, 0.15) is 29.7 Å². The van der Waals surface area contributed by atoms with Crippen LogP contribution in [0.4, 0.5) is 10.2 Å². The Kier molecular flexibility index (Phi) is 5.12. The molecule has 0 spiro atoms. The van der Waals surface area contributed by atoms with Gasteiger partial charge in [-0.3, -0.25) is 14.6 Å². The molecule has 2 aliphatic heterocycles. The quantitative estimate of drug-likeness (QED) is 0.801. The molecular weight excluding hydrogens is 363 g/mol. The number of hydrogen-bond donors (Lipinski definition) is 0. The third-order valence-corrected chi connectivity index (χ3v) is 5.17. The predicted molar refractivity (Wildman–Crippen MR) is 96.0 cm³/mol. The van der Waals surface area contributed by atoms with Crippen LogP contribution in [0, 0.1) is 23.1 Å². The highest BCUT2D eigenvalue weighted by Gasteiger charge is 2.37. The van der Waals surface area contributed by atoms with E-state index < -0.39 is 5.82 Å². The van der Waals surface area contributed by atoms with Gasteiger partial charge in [-0.25, -0.2) is 19.4 Å². The Morgan fingerprint density at radius 3 is 2.79 bits per heavy atom. The van der Waals surface area contributed by atoms with E-state index >= 15 is 0 Å². The molecule has 2 fully saturated rings. The molecule has 0 saturated carbocycles. The van der Waals surface area contributed by atoms with Gasteiger partial charge >= 0.3 is 0 Å². The molecule has 9 heteroatoms. The third kappa shape index (κ3) is 3.64. The summed E-state index contributed by atoms with van der Waals surface area (Å²) in [5.41, 5.74) is 0.966. The van der Waals surface area contributed by atoms with Crippen LogP contribution in [0.2, 0.25) is 0 Å². The van der Waals surface area contributed by atoms with E-state index in [2.05, 4.69) is 15.0 Å². The predicted octanol–water partition coefficient (Wildman–Crippen LogP) is 2.00. The minimum atomic E-state index is -0.424. The van der Waals surface area contributed by atoms with Gasteiger partial charge in [0.15, 0.2) is 0 Å². The number of nitrogens with zero attached hydrogens (tertiary/aromatic N) is 6. The van der Waals surface area contributed by atoms with Crippen molar-refractivity contribution in [2.24, 2.45) is 5.92 Å². The Morgan fingerprint density at radius 2 is 2.04 bits per heavy atom. The Balaban J connectivity index is 1.41. The first-order valence-corrected chi connectivity index (χ1v) is 9.19.